The summed E-state index contributed by atoms with van der Waals surface area (Å²) in [6.45, 7) is 0. The summed E-state index contributed by atoms with van der Waals surface area (Å²) in [6.07, 6.45) is 2.13. The van der Waals surface area contributed by atoms with E-state index >= 15 is 0 Å². The summed E-state index contributed by atoms with van der Waals surface area (Å²) in [6, 6.07) is 35.2. The minimum absolute atomic E-state index is 0.197. The Morgan fingerprint density at radius 2 is 1.06 bits per heavy atom. The number of carbonyl (C=O) groups excluding carboxylic acids is 1. The molecule has 0 radical (unpaired) electrons. The van der Waals surface area contributed by atoms with Gasteiger partial charge in [0.05, 0.1) is 0 Å². The molecule has 4 aromatic carbocycles. The van der Waals surface area contributed by atoms with E-state index in [1.54, 1.807) is 0 Å². The molecule has 0 aliphatic carbocycles. The number of rotatable bonds is 8. The molecule has 0 heterocycles. The number of hydrogen-bond donors (Lipinski definition) is 1. The van der Waals surface area contributed by atoms with Gasteiger partial charge in [0.1, 0.15) is 5.75 Å². The lowest BCUT2D eigenvalue weighted by atomic mass is 9.93. The zero-order chi connectivity index (χ0) is 22.2. The fraction of sp³-hybridized carbons (Fsp3) is 0.138. The van der Waals surface area contributed by atoms with E-state index in [1.807, 2.05) is 36.4 Å². The minimum Gasteiger partial charge on any atom is -0.427 e. The van der Waals surface area contributed by atoms with Gasteiger partial charge in [-0.25, -0.2) is 0 Å². The number of esters is 1. The average molecular weight is 439 g/mol. The smallest absolute Gasteiger partial charge is 0.311 e. The van der Waals surface area contributed by atoms with E-state index in [4.69, 9.17) is 4.74 Å². The van der Waals surface area contributed by atoms with E-state index in [1.165, 1.54) is 22.3 Å². The number of hydrogen-bond acceptors (Lipinski definition) is 3. The largest absolute Gasteiger partial charge is 0.427 e. The minimum atomic E-state index is -0.197. The van der Waals surface area contributed by atoms with E-state index < -0.39 is 0 Å². The second-order valence-corrected chi connectivity index (χ2v) is 8.16. The Bertz CT molecular complexity index is 1100. The lowest BCUT2D eigenvalue weighted by Crippen LogP contribution is -2.07. The normalized spacial score (nSPS) is 10.7. The van der Waals surface area contributed by atoms with Crippen molar-refractivity contribution in [3.63, 3.8) is 0 Å². The molecule has 0 aliphatic heterocycles. The van der Waals surface area contributed by atoms with Gasteiger partial charge in [-0.2, -0.15) is 12.6 Å². The molecule has 0 aromatic heterocycles. The van der Waals surface area contributed by atoms with E-state index in [9.17, 15) is 4.79 Å². The van der Waals surface area contributed by atoms with Crippen LogP contribution < -0.4 is 4.74 Å². The van der Waals surface area contributed by atoms with Gasteiger partial charge in [0.15, 0.2) is 0 Å². The monoisotopic (exact) mass is 438 g/mol. The van der Waals surface area contributed by atoms with Crippen molar-refractivity contribution < 1.29 is 9.53 Å². The van der Waals surface area contributed by atoms with Crippen molar-refractivity contribution in [3.8, 4) is 39.1 Å². The van der Waals surface area contributed by atoms with Crippen LogP contribution in [0, 0.1) is 0 Å². The summed E-state index contributed by atoms with van der Waals surface area (Å²) in [5, 5.41) is 0. The second kappa shape index (κ2) is 10.8. The first-order valence-corrected chi connectivity index (χ1v) is 11.5. The van der Waals surface area contributed by atoms with E-state index in [-0.39, 0.29) is 5.97 Å². The molecule has 0 atom stereocenters. The van der Waals surface area contributed by atoms with E-state index in [2.05, 4.69) is 79.4 Å². The molecule has 0 amide bonds. The molecule has 0 saturated carbocycles. The molecule has 0 aliphatic rings. The molecule has 4 aromatic rings. The third-order valence-electron chi connectivity index (χ3n) is 5.36. The summed E-state index contributed by atoms with van der Waals surface area (Å²) >= 11 is 4.18. The Morgan fingerprint density at radius 1 is 0.594 bits per heavy atom. The van der Waals surface area contributed by atoms with Crippen LogP contribution in [-0.2, 0) is 4.79 Å². The highest BCUT2D eigenvalue weighted by molar-refractivity contribution is 7.80. The van der Waals surface area contributed by atoms with Crippen LogP contribution in [0.5, 0.6) is 5.75 Å². The first-order valence-electron chi connectivity index (χ1n) is 10.9. The van der Waals surface area contributed by atoms with Crippen LogP contribution in [0.25, 0.3) is 33.4 Å². The van der Waals surface area contributed by atoms with Gasteiger partial charge in [0, 0.05) is 6.42 Å². The van der Waals surface area contributed by atoms with Crippen LogP contribution in [0.4, 0.5) is 0 Å². The number of ether oxygens (including phenoxy) is 1. The van der Waals surface area contributed by atoms with Crippen molar-refractivity contribution in [2.45, 2.75) is 19.3 Å². The van der Waals surface area contributed by atoms with Crippen molar-refractivity contribution >= 4 is 18.6 Å². The first-order chi connectivity index (χ1) is 15.7. The maximum atomic E-state index is 12.0. The molecular weight excluding hydrogens is 412 g/mol. The van der Waals surface area contributed by atoms with Gasteiger partial charge in [-0.15, -0.1) is 0 Å². The fourth-order valence-electron chi connectivity index (χ4n) is 3.67. The van der Waals surface area contributed by atoms with Crippen molar-refractivity contribution in [1.29, 1.82) is 0 Å². The van der Waals surface area contributed by atoms with Crippen LogP contribution in [0.15, 0.2) is 103 Å². The molecule has 0 saturated heterocycles. The number of carbonyl (C=O) groups is 1. The standard InChI is InChI=1S/C29H26O2S/c30-29(13-7-8-18-32)31-28-16-14-24(15-17-28)27-20-25(22-9-3-1-4-10-22)19-26(21-27)23-11-5-2-6-12-23/h1-6,9-12,14-17,19-21,32H,7-8,13,18H2. The van der Waals surface area contributed by atoms with Crippen molar-refractivity contribution in [2.75, 3.05) is 5.75 Å². The molecule has 4 rings (SSSR count). The second-order valence-electron chi connectivity index (χ2n) is 7.71. The van der Waals surface area contributed by atoms with Crippen molar-refractivity contribution in [1.82, 2.24) is 0 Å². The summed E-state index contributed by atoms with van der Waals surface area (Å²) in [5.41, 5.74) is 6.89. The van der Waals surface area contributed by atoms with Gasteiger partial charge in [0.2, 0.25) is 0 Å². The summed E-state index contributed by atoms with van der Waals surface area (Å²) in [7, 11) is 0. The predicted octanol–water partition coefficient (Wildman–Crippen LogP) is 7.69. The Hall–Kier alpha value is -3.30. The van der Waals surface area contributed by atoms with Gasteiger partial charge in [-0.1, -0.05) is 72.8 Å². The summed E-state index contributed by atoms with van der Waals surface area (Å²) in [5.74, 6) is 1.17. The van der Waals surface area contributed by atoms with E-state index in [0.717, 1.165) is 29.7 Å². The molecule has 0 spiro atoms. The predicted molar refractivity (Wildman–Crippen MR) is 136 cm³/mol. The molecule has 0 fully saturated rings. The molecule has 2 nitrogen and oxygen atoms in total. The van der Waals surface area contributed by atoms with Crippen LogP contribution in [0.1, 0.15) is 19.3 Å². The lowest BCUT2D eigenvalue weighted by Gasteiger charge is -2.12. The highest BCUT2D eigenvalue weighted by Gasteiger charge is 2.09. The molecule has 160 valence electrons. The molecular formula is C29H26O2S. The maximum Gasteiger partial charge on any atom is 0.311 e. The van der Waals surface area contributed by atoms with Gasteiger partial charge in [0.25, 0.3) is 0 Å². The third kappa shape index (κ3) is 5.68. The molecule has 3 heteroatoms. The molecule has 0 N–H and O–H groups in total. The van der Waals surface area contributed by atoms with E-state index in [0.29, 0.717) is 12.2 Å². The molecule has 32 heavy (non-hydrogen) atoms. The van der Waals surface area contributed by atoms with Gasteiger partial charge in [-0.05, 0) is 82.3 Å². The van der Waals surface area contributed by atoms with Gasteiger partial charge in [-0.3, -0.25) is 4.79 Å². The average Bonchev–Trinajstić information content (AvgIpc) is 2.85. The third-order valence-corrected chi connectivity index (χ3v) is 5.67. The van der Waals surface area contributed by atoms with Gasteiger partial charge >= 0.3 is 5.97 Å². The number of unbranched alkanes of at least 4 members (excludes halogenated alkanes) is 1. The van der Waals surface area contributed by atoms with Crippen molar-refractivity contribution in [3.05, 3.63) is 103 Å². The lowest BCUT2D eigenvalue weighted by molar-refractivity contribution is -0.134. The maximum absolute atomic E-state index is 12.0. The number of benzene rings is 4. The Morgan fingerprint density at radius 3 is 1.53 bits per heavy atom. The fourth-order valence-corrected chi connectivity index (χ4v) is 3.89. The van der Waals surface area contributed by atoms with Crippen LogP contribution >= 0.6 is 12.6 Å². The highest BCUT2D eigenvalue weighted by atomic mass is 32.1. The zero-order valence-corrected chi connectivity index (χ0v) is 18.8. The number of thiol groups is 1. The zero-order valence-electron chi connectivity index (χ0n) is 17.9. The molecule has 0 unspecified atom stereocenters. The van der Waals surface area contributed by atoms with Crippen LogP contribution in [-0.4, -0.2) is 11.7 Å². The summed E-state index contributed by atoms with van der Waals surface area (Å²) < 4.78 is 5.47. The Labute approximate surface area is 195 Å². The van der Waals surface area contributed by atoms with Crippen molar-refractivity contribution in [2.24, 2.45) is 0 Å². The molecule has 0 bridgehead atoms. The Balaban J connectivity index is 1.63. The topological polar surface area (TPSA) is 26.3 Å². The first kappa shape index (κ1) is 21.9. The van der Waals surface area contributed by atoms with Gasteiger partial charge < -0.3 is 4.74 Å². The quantitative estimate of drug-likeness (QED) is 0.132. The highest BCUT2D eigenvalue weighted by Crippen LogP contribution is 2.33. The summed E-state index contributed by atoms with van der Waals surface area (Å²) in [4.78, 5) is 12.0. The van der Waals surface area contributed by atoms with Crippen LogP contribution in [0.3, 0.4) is 0 Å². The SMILES string of the molecule is O=C(CCCCS)Oc1ccc(-c2cc(-c3ccccc3)cc(-c3ccccc3)c2)cc1. The van der Waals surface area contributed by atoms with Crippen LogP contribution in [0.2, 0.25) is 0 Å². The Kier molecular flexibility index (Phi) is 7.42.